The summed E-state index contributed by atoms with van der Waals surface area (Å²) in [6.07, 6.45) is 1.34. The van der Waals surface area contributed by atoms with Crippen LogP contribution in [0.25, 0.3) is 0 Å². The Hall–Kier alpha value is -1.89. The first-order chi connectivity index (χ1) is 7.36. The predicted octanol–water partition coefficient (Wildman–Crippen LogP) is -1.45. The second-order valence-corrected chi connectivity index (χ2v) is 4.10. The predicted molar refractivity (Wildman–Crippen MR) is 57.4 cm³/mol. The summed E-state index contributed by atoms with van der Waals surface area (Å²) >= 11 is 0. The molecule has 4 N–H and O–H groups in total. The van der Waals surface area contributed by atoms with E-state index in [1.165, 1.54) is 16.8 Å². The number of nitrogens with one attached hydrogen (secondary N) is 2. The Morgan fingerprint density at radius 2 is 2.19 bits per heavy atom. The third-order valence-electron chi connectivity index (χ3n) is 2.21. The Bertz CT molecular complexity index is 500. The van der Waals surface area contributed by atoms with Gasteiger partial charge in [0.1, 0.15) is 0 Å². The topological polar surface area (TPSA) is 110 Å². The van der Waals surface area contributed by atoms with Gasteiger partial charge in [-0.3, -0.25) is 24.6 Å². The van der Waals surface area contributed by atoms with Gasteiger partial charge in [-0.05, 0) is 13.8 Å². The zero-order valence-electron chi connectivity index (χ0n) is 9.11. The second kappa shape index (κ2) is 4.31. The van der Waals surface area contributed by atoms with Gasteiger partial charge < -0.3 is 0 Å². The summed E-state index contributed by atoms with van der Waals surface area (Å²) in [7, 11) is 0. The molecule has 1 aromatic heterocycles. The van der Waals surface area contributed by atoms with E-state index in [2.05, 4.69) is 4.98 Å². The zero-order valence-corrected chi connectivity index (χ0v) is 9.11. The molecule has 1 heterocycles. The van der Waals surface area contributed by atoms with Gasteiger partial charge in [0.2, 0.25) is 5.91 Å². The van der Waals surface area contributed by atoms with Gasteiger partial charge in [0.25, 0.3) is 5.56 Å². The minimum absolute atomic E-state index is 0.131. The van der Waals surface area contributed by atoms with E-state index >= 15 is 0 Å². The summed E-state index contributed by atoms with van der Waals surface area (Å²) in [5.41, 5.74) is 0.173. The van der Waals surface area contributed by atoms with Crippen LogP contribution in [0.3, 0.4) is 0 Å². The van der Waals surface area contributed by atoms with Crippen LogP contribution in [0.4, 0.5) is 0 Å². The molecule has 0 aliphatic rings. The largest absolute Gasteiger partial charge is 0.328 e. The minimum atomic E-state index is -0.836. The molecular formula is C9H14N4O3. The highest BCUT2D eigenvalue weighted by Gasteiger charge is 2.27. The molecule has 0 spiro atoms. The quantitative estimate of drug-likeness (QED) is 0.333. The van der Waals surface area contributed by atoms with E-state index in [9.17, 15) is 14.4 Å². The van der Waals surface area contributed by atoms with Crippen LogP contribution in [0.2, 0.25) is 0 Å². The molecule has 0 aliphatic heterocycles. The number of hydrogen-bond acceptors (Lipinski definition) is 4. The summed E-state index contributed by atoms with van der Waals surface area (Å²) in [6, 6.07) is 1.22. The maximum atomic E-state index is 11.4. The molecule has 0 atom stereocenters. The fourth-order valence-corrected chi connectivity index (χ4v) is 1.26. The lowest BCUT2D eigenvalue weighted by atomic mass is 9.92. The summed E-state index contributed by atoms with van der Waals surface area (Å²) in [5.74, 6) is 4.65. The van der Waals surface area contributed by atoms with Crippen LogP contribution in [-0.2, 0) is 11.3 Å². The molecule has 1 aromatic rings. The summed E-state index contributed by atoms with van der Waals surface area (Å²) < 4.78 is 1.25. The van der Waals surface area contributed by atoms with Gasteiger partial charge in [0.05, 0.1) is 5.41 Å². The maximum absolute atomic E-state index is 11.4. The minimum Gasteiger partial charge on any atom is -0.300 e. The van der Waals surface area contributed by atoms with Crippen LogP contribution in [0.1, 0.15) is 13.8 Å². The van der Waals surface area contributed by atoms with E-state index < -0.39 is 16.7 Å². The number of H-pyrrole nitrogens is 1. The Balaban J connectivity index is 3.01. The van der Waals surface area contributed by atoms with Crippen molar-refractivity contribution in [2.75, 3.05) is 0 Å². The normalized spacial score (nSPS) is 11.2. The molecule has 0 radical (unpaired) electrons. The molecule has 0 aliphatic carbocycles. The fraction of sp³-hybridized carbons (Fsp3) is 0.444. The maximum Gasteiger partial charge on any atom is 0.328 e. The Labute approximate surface area is 91.2 Å². The van der Waals surface area contributed by atoms with Gasteiger partial charge >= 0.3 is 5.69 Å². The van der Waals surface area contributed by atoms with Crippen LogP contribution >= 0.6 is 0 Å². The lowest BCUT2D eigenvalue weighted by molar-refractivity contribution is -0.130. The van der Waals surface area contributed by atoms with E-state index in [0.717, 1.165) is 0 Å². The van der Waals surface area contributed by atoms with Gasteiger partial charge in [0.15, 0.2) is 0 Å². The third kappa shape index (κ3) is 2.57. The number of carbonyl (C=O) groups is 1. The standard InChI is InChI=1S/C9H14N4O3/c1-9(2,7(15)12-10)5-13-4-3-6(14)11-8(13)16/h3-4H,5,10H2,1-2H3,(H,12,15)(H,11,14,16). The highest BCUT2D eigenvalue weighted by Crippen LogP contribution is 2.16. The van der Waals surface area contributed by atoms with Crippen molar-refractivity contribution in [3.05, 3.63) is 33.1 Å². The lowest BCUT2D eigenvalue weighted by Crippen LogP contribution is -2.45. The monoisotopic (exact) mass is 226 g/mol. The molecular weight excluding hydrogens is 212 g/mol. The molecule has 0 bridgehead atoms. The summed E-state index contributed by atoms with van der Waals surface area (Å²) in [6.45, 7) is 3.42. The van der Waals surface area contributed by atoms with Gasteiger partial charge in [-0.1, -0.05) is 0 Å². The number of nitrogens with zero attached hydrogens (tertiary/aromatic N) is 1. The first-order valence-electron chi connectivity index (χ1n) is 4.67. The van der Waals surface area contributed by atoms with Crippen molar-refractivity contribution in [3.8, 4) is 0 Å². The number of amides is 1. The first-order valence-corrected chi connectivity index (χ1v) is 4.67. The van der Waals surface area contributed by atoms with Crippen LogP contribution in [-0.4, -0.2) is 15.5 Å². The molecule has 0 saturated carbocycles. The van der Waals surface area contributed by atoms with Crippen molar-refractivity contribution < 1.29 is 4.79 Å². The molecule has 16 heavy (non-hydrogen) atoms. The molecule has 0 fully saturated rings. The Morgan fingerprint density at radius 1 is 1.56 bits per heavy atom. The molecule has 0 aromatic carbocycles. The van der Waals surface area contributed by atoms with Gasteiger partial charge in [-0.2, -0.15) is 0 Å². The van der Waals surface area contributed by atoms with Crippen molar-refractivity contribution >= 4 is 5.91 Å². The number of aromatic nitrogens is 2. The molecule has 7 heteroatoms. The summed E-state index contributed by atoms with van der Waals surface area (Å²) in [4.78, 5) is 35.7. The highest BCUT2D eigenvalue weighted by molar-refractivity contribution is 5.81. The number of nitrogens with two attached hydrogens (primary N) is 1. The molecule has 7 nitrogen and oxygen atoms in total. The Kier molecular flexibility index (Phi) is 3.28. The number of hydrogen-bond donors (Lipinski definition) is 3. The van der Waals surface area contributed by atoms with E-state index in [0.29, 0.717) is 0 Å². The highest BCUT2D eigenvalue weighted by atomic mass is 16.2. The van der Waals surface area contributed by atoms with Crippen LogP contribution in [0.15, 0.2) is 21.9 Å². The van der Waals surface area contributed by atoms with Crippen molar-refractivity contribution in [2.45, 2.75) is 20.4 Å². The van der Waals surface area contributed by atoms with Gasteiger partial charge in [0, 0.05) is 18.8 Å². The van der Waals surface area contributed by atoms with Crippen molar-refractivity contribution in [3.63, 3.8) is 0 Å². The molecule has 1 amide bonds. The van der Waals surface area contributed by atoms with E-state index in [-0.39, 0.29) is 12.5 Å². The smallest absolute Gasteiger partial charge is 0.300 e. The second-order valence-electron chi connectivity index (χ2n) is 4.10. The average molecular weight is 226 g/mol. The van der Waals surface area contributed by atoms with Crippen molar-refractivity contribution in [1.29, 1.82) is 0 Å². The molecule has 0 unspecified atom stereocenters. The van der Waals surface area contributed by atoms with E-state index in [4.69, 9.17) is 5.84 Å². The number of aromatic amines is 1. The summed E-state index contributed by atoms with van der Waals surface area (Å²) in [5, 5.41) is 0. The third-order valence-corrected chi connectivity index (χ3v) is 2.21. The van der Waals surface area contributed by atoms with Crippen LogP contribution < -0.4 is 22.5 Å². The van der Waals surface area contributed by atoms with Gasteiger partial charge in [-0.25, -0.2) is 10.6 Å². The number of carbonyl (C=O) groups excluding carboxylic acids is 1. The lowest BCUT2D eigenvalue weighted by Gasteiger charge is -2.22. The molecule has 0 saturated heterocycles. The molecule has 1 rings (SSSR count). The average Bonchev–Trinajstić information content (AvgIpc) is 2.21. The number of rotatable bonds is 3. The Morgan fingerprint density at radius 3 is 2.69 bits per heavy atom. The van der Waals surface area contributed by atoms with Crippen LogP contribution in [0, 0.1) is 5.41 Å². The van der Waals surface area contributed by atoms with E-state index in [1.54, 1.807) is 13.8 Å². The zero-order chi connectivity index (χ0) is 12.3. The fourth-order valence-electron chi connectivity index (χ4n) is 1.26. The van der Waals surface area contributed by atoms with E-state index in [1.807, 2.05) is 5.43 Å². The van der Waals surface area contributed by atoms with Gasteiger partial charge in [-0.15, -0.1) is 0 Å². The van der Waals surface area contributed by atoms with Crippen molar-refractivity contribution in [2.24, 2.45) is 11.3 Å². The SMILES string of the molecule is CC(C)(Cn1ccc(=O)[nH]c1=O)C(=O)NN. The van der Waals surface area contributed by atoms with Crippen molar-refractivity contribution in [1.82, 2.24) is 15.0 Å². The number of hydrazine groups is 1. The first kappa shape index (κ1) is 12.2. The van der Waals surface area contributed by atoms with Crippen LogP contribution in [0.5, 0.6) is 0 Å². The molecule has 88 valence electrons.